The van der Waals surface area contributed by atoms with Crippen molar-refractivity contribution in [1.29, 1.82) is 0 Å². The first-order valence-corrected chi connectivity index (χ1v) is 7.27. The first-order valence-electron chi connectivity index (χ1n) is 7.27. The van der Waals surface area contributed by atoms with Crippen LogP contribution in [0.2, 0.25) is 0 Å². The minimum absolute atomic E-state index is 0.0317. The first-order chi connectivity index (χ1) is 11.5. The third-order valence-electron chi connectivity index (χ3n) is 3.56. The van der Waals surface area contributed by atoms with Crippen LogP contribution in [0.15, 0.2) is 47.3 Å². The molecule has 0 aliphatic heterocycles. The van der Waals surface area contributed by atoms with Gasteiger partial charge in [0.1, 0.15) is 11.6 Å². The summed E-state index contributed by atoms with van der Waals surface area (Å²) in [6.45, 7) is 2.00. The van der Waals surface area contributed by atoms with Gasteiger partial charge in [0.2, 0.25) is 0 Å². The average molecular weight is 329 g/mol. The molecular formula is C17H13F2N3O2. The summed E-state index contributed by atoms with van der Waals surface area (Å²) in [7, 11) is 0. The molecule has 0 radical (unpaired) electrons. The molecule has 3 rings (SSSR count). The van der Waals surface area contributed by atoms with Crippen LogP contribution in [0.1, 0.15) is 17.4 Å². The van der Waals surface area contributed by atoms with Crippen LogP contribution in [-0.4, -0.2) is 15.7 Å². The van der Waals surface area contributed by atoms with Crippen molar-refractivity contribution in [2.24, 2.45) is 0 Å². The van der Waals surface area contributed by atoms with E-state index < -0.39 is 17.5 Å². The monoisotopic (exact) mass is 329 g/mol. The van der Waals surface area contributed by atoms with Gasteiger partial charge in [0, 0.05) is 18.0 Å². The number of benzene rings is 2. The summed E-state index contributed by atoms with van der Waals surface area (Å²) in [6, 6.07) is 9.27. The molecule has 1 amide bonds. The molecule has 5 nitrogen and oxygen atoms in total. The van der Waals surface area contributed by atoms with Crippen LogP contribution in [-0.2, 0) is 6.54 Å². The van der Waals surface area contributed by atoms with Crippen molar-refractivity contribution in [2.45, 2.75) is 13.5 Å². The van der Waals surface area contributed by atoms with Gasteiger partial charge in [-0.25, -0.2) is 13.5 Å². The zero-order valence-electron chi connectivity index (χ0n) is 12.7. The summed E-state index contributed by atoms with van der Waals surface area (Å²) in [5, 5.41) is 7.02. The third-order valence-corrected chi connectivity index (χ3v) is 3.56. The maximum Gasteiger partial charge on any atom is 0.276 e. The lowest BCUT2D eigenvalue weighted by Crippen LogP contribution is -2.27. The zero-order chi connectivity index (χ0) is 17.3. The highest BCUT2D eigenvalue weighted by Gasteiger charge is 2.17. The molecule has 0 bridgehead atoms. The summed E-state index contributed by atoms with van der Waals surface area (Å²) in [5.41, 5.74) is -0.641. The number of amides is 1. The van der Waals surface area contributed by atoms with E-state index in [0.29, 0.717) is 10.8 Å². The number of carbonyl (C=O) groups is 1. The number of halogens is 2. The van der Waals surface area contributed by atoms with Crippen LogP contribution < -0.4 is 10.9 Å². The van der Waals surface area contributed by atoms with Gasteiger partial charge in [-0.05, 0) is 25.1 Å². The molecule has 7 heteroatoms. The number of aromatic nitrogens is 2. The van der Waals surface area contributed by atoms with E-state index >= 15 is 0 Å². The number of hydrogen-bond donors (Lipinski definition) is 1. The Labute approximate surface area is 135 Å². The maximum atomic E-state index is 13.7. The second kappa shape index (κ2) is 6.19. The number of carbonyl (C=O) groups excluding carboxylic acids is 1. The van der Waals surface area contributed by atoms with Crippen molar-refractivity contribution in [2.75, 3.05) is 5.32 Å². The number of nitrogens with zero attached hydrogens (tertiary/aromatic N) is 2. The normalized spacial score (nSPS) is 10.8. The Morgan fingerprint density at radius 3 is 2.58 bits per heavy atom. The van der Waals surface area contributed by atoms with E-state index in [0.717, 1.165) is 22.9 Å². The number of rotatable bonds is 3. The standard InChI is InChI=1S/C17H13F2N3O2/c1-2-22-17(24)12-6-4-3-5-11(12)15(21-22)16(23)20-14-9-10(18)7-8-13(14)19/h3-9H,2H2,1H3,(H,20,23). The molecule has 0 aliphatic carbocycles. The van der Waals surface area contributed by atoms with E-state index in [1.165, 1.54) is 0 Å². The van der Waals surface area contributed by atoms with E-state index in [-0.39, 0.29) is 23.5 Å². The molecule has 0 fully saturated rings. The van der Waals surface area contributed by atoms with E-state index in [4.69, 9.17) is 0 Å². The molecule has 0 spiro atoms. The van der Waals surface area contributed by atoms with Crippen molar-refractivity contribution >= 4 is 22.4 Å². The number of nitrogens with one attached hydrogen (secondary N) is 1. The van der Waals surface area contributed by atoms with Crippen LogP contribution in [0.3, 0.4) is 0 Å². The highest BCUT2D eigenvalue weighted by atomic mass is 19.1. The molecule has 1 heterocycles. The molecule has 0 saturated carbocycles. The largest absolute Gasteiger partial charge is 0.318 e. The Morgan fingerprint density at radius 2 is 1.88 bits per heavy atom. The molecule has 0 aliphatic rings. The molecule has 0 atom stereocenters. The second-order valence-corrected chi connectivity index (χ2v) is 5.09. The molecule has 122 valence electrons. The fourth-order valence-corrected chi connectivity index (χ4v) is 2.39. The van der Waals surface area contributed by atoms with Crippen molar-refractivity contribution in [3.63, 3.8) is 0 Å². The van der Waals surface area contributed by atoms with Gasteiger partial charge in [-0.3, -0.25) is 9.59 Å². The quantitative estimate of drug-likeness (QED) is 0.803. The molecule has 2 aromatic carbocycles. The van der Waals surface area contributed by atoms with Gasteiger partial charge >= 0.3 is 0 Å². The first kappa shape index (κ1) is 15.8. The van der Waals surface area contributed by atoms with Crippen molar-refractivity contribution in [1.82, 2.24) is 9.78 Å². The minimum atomic E-state index is -0.766. The van der Waals surface area contributed by atoms with Crippen LogP contribution in [0, 0.1) is 11.6 Å². The molecule has 0 saturated heterocycles. The molecule has 1 aromatic heterocycles. The van der Waals surface area contributed by atoms with Crippen LogP contribution in [0.5, 0.6) is 0 Å². The predicted octanol–water partition coefficient (Wildman–Crippen LogP) is 2.95. The number of fused-ring (bicyclic) bond motifs is 1. The Hall–Kier alpha value is -3.09. The molecule has 1 N–H and O–H groups in total. The smallest absolute Gasteiger partial charge is 0.276 e. The third kappa shape index (κ3) is 2.76. The Morgan fingerprint density at radius 1 is 1.17 bits per heavy atom. The Kier molecular flexibility index (Phi) is 4.07. The van der Waals surface area contributed by atoms with Gasteiger partial charge in [0.15, 0.2) is 5.69 Å². The topological polar surface area (TPSA) is 64.0 Å². The lowest BCUT2D eigenvalue weighted by Gasteiger charge is -2.10. The maximum absolute atomic E-state index is 13.7. The molecular weight excluding hydrogens is 316 g/mol. The van der Waals surface area contributed by atoms with E-state index in [9.17, 15) is 18.4 Å². The Balaban J connectivity index is 2.11. The van der Waals surface area contributed by atoms with Crippen LogP contribution in [0.4, 0.5) is 14.5 Å². The summed E-state index contributed by atoms with van der Waals surface area (Å²) >= 11 is 0. The number of hydrogen-bond acceptors (Lipinski definition) is 3. The lowest BCUT2D eigenvalue weighted by atomic mass is 10.1. The zero-order valence-corrected chi connectivity index (χ0v) is 12.7. The number of aryl methyl sites for hydroxylation is 1. The second-order valence-electron chi connectivity index (χ2n) is 5.09. The lowest BCUT2D eigenvalue weighted by molar-refractivity contribution is 0.102. The Bertz CT molecular complexity index is 999. The van der Waals surface area contributed by atoms with Gasteiger partial charge in [-0.1, -0.05) is 18.2 Å². The van der Waals surface area contributed by atoms with Gasteiger partial charge in [-0.15, -0.1) is 0 Å². The van der Waals surface area contributed by atoms with E-state index in [1.807, 2.05) is 0 Å². The summed E-state index contributed by atoms with van der Waals surface area (Å²) in [4.78, 5) is 24.7. The van der Waals surface area contributed by atoms with Crippen molar-refractivity contribution < 1.29 is 13.6 Å². The fraction of sp³-hybridized carbons (Fsp3) is 0.118. The van der Waals surface area contributed by atoms with Crippen LogP contribution in [0.25, 0.3) is 10.8 Å². The molecule has 0 unspecified atom stereocenters. The fourth-order valence-electron chi connectivity index (χ4n) is 2.39. The van der Waals surface area contributed by atoms with Gasteiger partial charge in [-0.2, -0.15) is 5.10 Å². The highest BCUT2D eigenvalue weighted by molar-refractivity contribution is 6.11. The summed E-state index contributed by atoms with van der Waals surface area (Å²) in [6.07, 6.45) is 0. The number of anilines is 1. The minimum Gasteiger partial charge on any atom is -0.318 e. The summed E-state index contributed by atoms with van der Waals surface area (Å²) < 4.78 is 28.1. The SMILES string of the molecule is CCn1nc(C(=O)Nc2cc(F)ccc2F)c2ccccc2c1=O. The highest BCUT2D eigenvalue weighted by Crippen LogP contribution is 2.18. The van der Waals surface area contributed by atoms with Gasteiger partial charge in [0.05, 0.1) is 11.1 Å². The van der Waals surface area contributed by atoms with E-state index in [2.05, 4.69) is 10.4 Å². The van der Waals surface area contributed by atoms with Crippen LogP contribution >= 0.6 is 0 Å². The summed E-state index contributed by atoms with van der Waals surface area (Å²) in [5.74, 6) is -2.17. The van der Waals surface area contributed by atoms with E-state index in [1.54, 1.807) is 31.2 Å². The molecule has 24 heavy (non-hydrogen) atoms. The van der Waals surface area contributed by atoms with Crippen molar-refractivity contribution in [3.05, 3.63) is 70.1 Å². The van der Waals surface area contributed by atoms with Gasteiger partial charge < -0.3 is 5.32 Å². The van der Waals surface area contributed by atoms with Gasteiger partial charge in [0.25, 0.3) is 11.5 Å². The van der Waals surface area contributed by atoms with Crippen molar-refractivity contribution in [3.8, 4) is 0 Å². The predicted molar refractivity (Wildman–Crippen MR) is 86.0 cm³/mol. The molecule has 3 aromatic rings. The average Bonchev–Trinajstić information content (AvgIpc) is 2.58.